The van der Waals surface area contributed by atoms with Crippen LogP contribution in [0.2, 0.25) is 0 Å². The van der Waals surface area contributed by atoms with E-state index < -0.39 is 0 Å². The van der Waals surface area contributed by atoms with Crippen molar-refractivity contribution in [2.24, 2.45) is 0 Å². The SMILES string of the molecule is CCOC(=CC(=O)c1ccccc1)OC. The summed E-state index contributed by atoms with van der Waals surface area (Å²) >= 11 is 0. The van der Waals surface area contributed by atoms with Crippen LogP contribution in [0.3, 0.4) is 0 Å². The standard InChI is InChI=1S/C12H14O3/c1-3-15-12(14-2)9-11(13)10-7-5-4-6-8-10/h4-9H,3H2,1-2H3. The van der Waals surface area contributed by atoms with Gasteiger partial charge >= 0.3 is 0 Å². The van der Waals surface area contributed by atoms with E-state index in [9.17, 15) is 4.79 Å². The van der Waals surface area contributed by atoms with Crippen LogP contribution < -0.4 is 0 Å². The van der Waals surface area contributed by atoms with Gasteiger partial charge in [-0.3, -0.25) is 4.79 Å². The predicted molar refractivity (Wildman–Crippen MR) is 57.5 cm³/mol. The maximum atomic E-state index is 11.7. The Morgan fingerprint density at radius 2 is 2.00 bits per heavy atom. The molecule has 1 aromatic rings. The summed E-state index contributed by atoms with van der Waals surface area (Å²) in [5, 5.41) is 0. The van der Waals surface area contributed by atoms with Gasteiger partial charge in [-0.05, 0) is 6.92 Å². The van der Waals surface area contributed by atoms with Crippen LogP contribution in [0.25, 0.3) is 0 Å². The van der Waals surface area contributed by atoms with Gasteiger partial charge in [0, 0.05) is 5.56 Å². The molecule has 0 amide bonds. The summed E-state index contributed by atoms with van der Waals surface area (Å²) in [6, 6.07) is 8.98. The Balaban J connectivity index is 2.77. The van der Waals surface area contributed by atoms with Gasteiger partial charge in [-0.2, -0.15) is 0 Å². The van der Waals surface area contributed by atoms with E-state index in [1.54, 1.807) is 12.1 Å². The molecule has 0 aliphatic rings. The fourth-order valence-corrected chi connectivity index (χ4v) is 1.09. The molecule has 0 heterocycles. The Morgan fingerprint density at radius 3 is 2.53 bits per heavy atom. The average molecular weight is 206 g/mol. The summed E-state index contributed by atoms with van der Waals surface area (Å²) in [6.45, 7) is 2.31. The zero-order valence-corrected chi connectivity index (χ0v) is 8.90. The van der Waals surface area contributed by atoms with E-state index in [-0.39, 0.29) is 11.7 Å². The van der Waals surface area contributed by atoms with Crippen LogP contribution in [0.5, 0.6) is 0 Å². The molecule has 0 spiro atoms. The summed E-state index contributed by atoms with van der Waals surface area (Å²) in [7, 11) is 1.47. The molecule has 0 fully saturated rings. The molecule has 1 rings (SSSR count). The number of methoxy groups -OCH3 is 1. The summed E-state index contributed by atoms with van der Waals surface area (Å²) < 4.78 is 10.0. The molecule has 0 aromatic heterocycles. The van der Waals surface area contributed by atoms with Gasteiger partial charge in [-0.25, -0.2) is 0 Å². The van der Waals surface area contributed by atoms with Crippen LogP contribution in [-0.2, 0) is 9.47 Å². The first-order valence-corrected chi connectivity index (χ1v) is 4.75. The number of hydrogen-bond acceptors (Lipinski definition) is 3. The molecular weight excluding hydrogens is 192 g/mol. The molecule has 0 atom stereocenters. The van der Waals surface area contributed by atoms with Crippen molar-refractivity contribution in [2.45, 2.75) is 6.92 Å². The van der Waals surface area contributed by atoms with E-state index in [1.165, 1.54) is 13.2 Å². The topological polar surface area (TPSA) is 35.5 Å². The first-order chi connectivity index (χ1) is 7.27. The lowest BCUT2D eigenvalue weighted by molar-refractivity contribution is 0.0662. The third-order valence-electron chi connectivity index (χ3n) is 1.80. The lowest BCUT2D eigenvalue weighted by Gasteiger charge is -2.05. The number of benzene rings is 1. The summed E-state index contributed by atoms with van der Waals surface area (Å²) in [5.74, 6) is 0.118. The molecule has 15 heavy (non-hydrogen) atoms. The Morgan fingerprint density at radius 1 is 1.33 bits per heavy atom. The highest BCUT2D eigenvalue weighted by molar-refractivity contribution is 6.04. The smallest absolute Gasteiger partial charge is 0.282 e. The third kappa shape index (κ3) is 3.46. The van der Waals surface area contributed by atoms with Gasteiger partial charge in [0.1, 0.15) is 0 Å². The second kappa shape index (κ2) is 5.86. The van der Waals surface area contributed by atoms with Crippen LogP contribution in [0.4, 0.5) is 0 Å². The first-order valence-electron chi connectivity index (χ1n) is 4.75. The number of rotatable bonds is 5. The highest BCUT2D eigenvalue weighted by Crippen LogP contribution is 2.05. The van der Waals surface area contributed by atoms with E-state index in [2.05, 4.69) is 0 Å². The van der Waals surface area contributed by atoms with Crippen molar-refractivity contribution < 1.29 is 14.3 Å². The molecule has 0 N–H and O–H groups in total. The highest BCUT2D eigenvalue weighted by Gasteiger charge is 2.04. The van der Waals surface area contributed by atoms with E-state index in [0.717, 1.165) is 0 Å². The van der Waals surface area contributed by atoms with Gasteiger partial charge in [0.05, 0.1) is 19.8 Å². The fourth-order valence-electron chi connectivity index (χ4n) is 1.09. The Bertz CT molecular complexity index is 341. The molecule has 1 aromatic carbocycles. The maximum absolute atomic E-state index is 11.7. The molecule has 80 valence electrons. The zero-order chi connectivity index (χ0) is 11.1. The van der Waals surface area contributed by atoms with E-state index in [4.69, 9.17) is 9.47 Å². The molecule has 3 nitrogen and oxygen atoms in total. The first kappa shape index (κ1) is 11.3. The molecule has 0 radical (unpaired) electrons. The van der Waals surface area contributed by atoms with Crippen molar-refractivity contribution in [1.29, 1.82) is 0 Å². The molecule has 0 saturated carbocycles. The number of carbonyl (C=O) groups is 1. The van der Waals surface area contributed by atoms with E-state index >= 15 is 0 Å². The number of ether oxygens (including phenoxy) is 2. The molecular formula is C12H14O3. The van der Waals surface area contributed by atoms with Crippen LogP contribution in [0, 0.1) is 0 Å². The van der Waals surface area contributed by atoms with E-state index in [0.29, 0.717) is 12.2 Å². The normalized spacial score (nSPS) is 10.9. The summed E-state index contributed by atoms with van der Waals surface area (Å²) in [5.41, 5.74) is 0.617. The van der Waals surface area contributed by atoms with Crippen molar-refractivity contribution in [1.82, 2.24) is 0 Å². The minimum absolute atomic E-state index is 0.124. The Hall–Kier alpha value is -1.77. The summed E-state index contributed by atoms with van der Waals surface area (Å²) in [4.78, 5) is 11.7. The van der Waals surface area contributed by atoms with Gasteiger partial charge in [0.25, 0.3) is 5.95 Å². The van der Waals surface area contributed by atoms with Gasteiger partial charge in [-0.15, -0.1) is 0 Å². The molecule has 0 saturated heterocycles. The number of carbonyl (C=O) groups excluding carboxylic acids is 1. The second-order valence-electron chi connectivity index (χ2n) is 2.83. The molecule has 0 bridgehead atoms. The third-order valence-corrected chi connectivity index (χ3v) is 1.80. The zero-order valence-electron chi connectivity index (χ0n) is 8.90. The largest absolute Gasteiger partial charge is 0.469 e. The highest BCUT2D eigenvalue weighted by atomic mass is 16.7. The molecule has 3 heteroatoms. The lowest BCUT2D eigenvalue weighted by Crippen LogP contribution is -2.00. The van der Waals surface area contributed by atoms with Crippen LogP contribution in [0.1, 0.15) is 17.3 Å². The monoisotopic (exact) mass is 206 g/mol. The van der Waals surface area contributed by atoms with Gasteiger partial charge in [-0.1, -0.05) is 30.3 Å². The van der Waals surface area contributed by atoms with Crippen LogP contribution in [-0.4, -0.2) is 19.5 Å². The van der Waals surface area contributed by atoms with Gasteiger partial charge in [0.2, 0.25) is 0 Å². The Labute approximate surface area is 89.3 Å². The van der Waals surface area contributed by atoms with Crippen molar-refractivity contribution >= 4 is 5.78 Å². The van der Waals surface area contributed by atoms with Crippen molar-refractivity contribution in [3.63, 3.8) is 0 Å². The molecule has 0 aliphatic carbocycles. The minimum Gasteiger partial charge on any atom is -0.469 e. The Kier molecular flexibility index (Phi) is 4.41. The predicted octanol–water partition coefficient (Wildman–Crippen LogP) is 2.39. The van der Waals surface area contributed by atoms with Crippen molar-refractivity contribution in [2.75, 3.05) is 13.7 Å². The van der Waals surface area contributed by atoms with Crippen molar-refractivity contribution in [3.05, 3.63) is 47.9 Å². The second-order valence-corrected chi connectivity index (χ2v) is 2.83. The summed E-state index contributed by atoms with van der Waals surface area (Å²) in [6.07, 6.45) is 1.35. The minimum atomic E-state index is -0.124. The molecule has 0 unspecified atom stereocenters. The van der Waals surface area contributed by atoms with Crippen molar-refractivity contribution in [3.8, 4) is 0 Å². The number of ketones is 1. The average Bonchev–Trinajstić information content (AvgIpc) is 2.29. The number of allylic oxidation sites excluding steroid dienone is 1. The quantitative estimate of drug-likeness (QED) is 0.421. The number of hydrogen-bond donors (Lipinski definition) is 0. The molecule has 0 aliphatic heterocycles. The lowest BCUT2D eigenvalue weighted by atomic mass is 10.1. The van der Waals surface area contributed by atoms with Gasteiger partial charge in [0.15, 0.2) is 5.78 Å². The van der Waals surface area contributed by atoms with Crippen LogP contribution >= 0.6 is 0 Å². The maximum Gasteiger partial charge on any atom is 0.282 e. The fraction of sp³-hybridized carbons (Fsp3) is 0.250. The van der Waals surface area contributed by atoms with Gasteiger partial charge < -0.3 is 9.47 Å². The van der Waals surface area contributed by atoms with Crippen LogP contribution in [0.15, 0.2) is 42.4 Å². The van der Waals surface area contributed by atoms with E-state index in [1.807, 2.05) is 25.1 Å².